The Balaban J connectivity index is 1.42. The Morgan fingerprint density at radius 1 is 0.868 bits per heavy atom. The molecule has 0 unspecified atom stereocenters. The summed E-state index contributed by atoms with van der Waals surface area (Å²) in [4.78, 5) is 20.9. The summed E-state index contributed by atoms with van der Waals surface area (Å²) in [7, 11) is -7.66. The van der Waals surface area contributed by atoms with Gasteiger partial charge in [0.15, 0.2) is 0 Å². The van der Waals surface area contributed by atoms with Crippen LogP contribution in [0.1, 0.15) is 35.6 Å². The van der Waals surface area contributed by atoms with Gasteiger partial charge in [0.1, 0.15) is 0 Å². The van der Waals surface area contributed by atoms with Gasteiger partial charge in [0.25, 0.3) is 15.9 Å². The maximum atomic E-state index is 13.0. The largest absolute Gasteiger partial charge is 0.373 e. The standard InChI is InChI=1S/C25H29N5O6S2/c1-16-13-17(2)27-25(26-16)29-37(32,33)22-11-7-21(8-12-22)28-24(31)20-5-9-23(10-6-20)38(34,35)30-14-18(3)36-19(4)15-30/h5-13,18-19H,14-15H2,1-4H3,(H,28,31)(H,26,27,29)/t18-,19+. The molecule has 1 fully saturated rings. The number of amides is 1. The lowest BCUT2D eigenvalue weighted by Gasteiger charge is -2.34. The van der Waals surface area contributed by atoms with Gasteiger partial charge in [-0.05, 0) is 82.3 Å². The maximum Gasteiger partial charge on any atom is 0.264 e. The Labute approximate surface area is 222 Å². The number of benzene rings is 2. The van der Waals surface area contributed by atoms with Crippen molar-refractivity contribution in [2.24, 2.45) is 0 Å². The molecule has 1 aliphatic heterocycles. The number of sulfonamides is 2. The number of hydrogen-bond acceptors (Lipinski definition) is 8. The predicted molar refractivity (Wildman–Crippen MR) is 142 cm³/mol. The Bertz CT molecular complexity index is 1510. The van der Waals surface area contributed by atoms with Gasteiger partial charge in [-0.15, -0.1) is 0 Å². The van der Waals surface area contributed by atoms with E-state index in [-0.39, 0.29) is 46.6 Å². The Morgan fingerprint density at radius 3 is 1.95 bits per heavy atom. The van der Waals surface area contributed by atoms with Crippen molar-refractivity contribution < 1.29 is 26.4 Å². The van der Waals surface area contributed by atoms with Crippen molar-refractivity contribution in [1.82, 2.24) is 14.3 Å². The van der Waals surface area contributed by atoms with Gasteiger partial charge in [-0.3, -0.25) is 4.79 Å². The number of carbonyl (C=O) groups is 1. The Kier molecular flexibility index (Phi) is 7.83. The molecule has 11 nitrogen and oxygen atoms in total. The molecule has 1 amide bonds. The minimum absolute atomic E-state index is 0.0250. The fraction of sp³-hybridized carbons (Fsp3) is 0.320. The number of anilines is 2. The molecule has 0 radical (unpaired) electrons. The predicted octanol–water partition coefficient (Wildman–Crippen LogP) is 2.94. The van der Waals surface area contributed by atoms with Gasteiger partial charge in [-0.25, -0.2) is 31.5 Å². The average Bonchev–Trinajstić information content (AvgIpc) is 2.83. The molecule has 3 aromatic rings. The first-order chi connectivity index (χ1) is 17.8. The van der Waals surface area contributed by atoms with Gasteiger partial charge < -0.3 is 10.1 Å². The number of ether oxygens (including phenoxy) is 1. The fourth-order valence-corrected chi connectivity index (χ4v) is 6.66. The lowest BCUT2D eigenvalue weighted by Crippen LogP contribution is -2.48. The number of aromatic nitrogens is 2. The molecule has 0 saturated carbocycles. The molecule has 2 heterocycles. The first-order valence-corrected chi connectivity index (χ1v) is 14.8. The zero-order valence-electron chi connectivity index (χ0n) is 21.4. The molecule has 1 aliphatic rings. The second-order valence-electron chi connectivity index (χ2n) is 9.16. The Morgan fingerprint density at radius 2 is 1.39 bits per heavy atom. The highest BCUT2D eigenvalue weighted by Crippen LogP contribution is 2.22. The van der Waals surface area contributed by atoms with Crippen molar-refractivity contribution in [2.45, 2.75) is 49.7 Å². The second kappa shape index (κ2) is 10.8. The van der Waals surface area contributed by atoms with Crippen LogP contribution in [0.15, 0.2) is 64.4 Å². The van der Waals surface area contributed by atoms with Crippen molar-refractivity contribution in [1.29, 1.82) is 0 Å². The molecule has 1 aromatic heterocycles. The van der Waals surface area contributed by atoms with Gasteiger partial charge in [0.05, 0.1) is 22.0 Å². The van der Waals surface area contributed by atoms with E-state index >= 15 is 0 Å². The number of rotatable bonds is 7. The molecular weight excluding hydrogens is 530 g/mol. The normalized spacial score (nSPS) is 18.6. The highest BCUT2D eigenvalue weighted by Gasteiger charge is 2.32. The van der Waals surface area contributed by atoms with Crippen LogP contribution in [0.25, 0.3) is 0 Å². The number of morpholine rings is 1. The molecule has 0 bridgehead atoms. The summed E-state index contributed by atoms with van der Waals surface area (Å²) in [6, 6.07) is 13.0. The monoisotopic (exact) mass is 559 g/mol. The van der Waals surface area contributed by atoms with E-state index in [0.29, 0.717) is 17.1 Å². The van der Waals surface area contributed by atoms with Crippen LogP contribution in [-0.2, 0) is 24.8 Å². The average molecular weight is 560 g/mol. The first-order valence-electron chi connectivity index (χ1n) is 11.9. The molecule has 0 aliphatic carbocycles. The molecule has 2 aromatic carbocycles. The third-order valence-corrected chi connectivity index (χ3v) is 8.96. The van der Waals surface area contributed by atoms with Crippen LogP contribution in [0.5, 0.6) is 0 Å². The van der Waals surface area contributed by atoms with Crippen LogP contribution in [0, 0.1) is 13.8 Å². The number of carbonyl (C=O) groups excluding carboxylic acids is 1. The number of aryl methyl sites for hydroxylation is 2. The van der Waals surface area contributed by atoms with E-state index < -0.39 is 26.0 Å². The molecule has 2 N–H and O–H groups in total. The number of hydrogen-bond donors (Lipinski definition) is 2. The zero-order valence-corrected chi connectivity index (χ0v) is 23.0. The fourth-order valence-electron chi connectivity index (χ4n) is 4.13. The molecule has 202 valence electrons. The van der Waals surface area contributed by atoms with Crippen LogP contribution in [0.3, 0.4) is 0 Å². The van der Waals surface area contributed by atoms with Crippen molar-refractivity contribution in [3.63, 3.8) is 0 Å². The summed E-state index contributed by atoms with van der Waals surface area (Å²) in [5, 5.41) is 2.68. The first kappa shape index (κ1) is 27.6. The number of nitrogens with one attached hydrogen (secondary N) is 2. The van der Waals surface area contributed by atoms with E-state index in [9.17, 15) is 21.6 Å². The van der Waals surface area contributed by atoms with E-state index in [1.54, 1.807) is 19.9 Å². The van der Waals surface area contributed by atoms with E-state index in [2.05, 4.69) is 20.0 Å². The van der Waals surface area contributed by atoms with Gasteiger partial charge in [-0.2, -0.15) is 4.31 Å². The Hall–Kier alpha value is -3.39. The minimum Gasteiger partial charge on any atom is -0.373 e. The topological polar surface area (TPSA) is 148 Å². The lowest BCUT2D eigenvalue weighted by atomic mass is 10.2. The number of nitrogens with zero attached hydrogens (tertiary/aromatic N) is 3. The summed E-state index contributed by atoms with van der Waals surface area (Å²) in [5.74, 6) is -0.497. The molecule has 38 heavy (non-hydrogen) atoms. The molecule has 13 heteroatoms. The third-order valence-electron chi connectivity index (χ3n) is 5.77. The molecule has 4 rings (SSSR count). The smallest absolute Gasteiger partial charge is 0.264 e. The van der Waals surface area contributed by atoms with Crippen LogP contribution in [0.2, 0.25) is 0 Å². The van der Waals surface area contributed by atoms with E-state index in [1.807, 2.05) is 13.8 Å². The van der Waals surface area contributed by atoms with E-state index in [1.165, 1.54) is 52.8 Å². The summed E-state index contributed by atoms with van der Waals surface area (Å²) >= 11 is 0. The third kappa shape index (κ3) is 6.35. The summed E-state index contributed by atoms with van der Waals surface area (Å²) in [6.45, 7) is 7.64. The minimum atomic E-state index is -3.94. The molecular formula is C25H29N5O6S2. The van der Waals surface area contributed by atoms with Crippen molar-refractivity contribution in [3.05, 3.63) is 71.5 Å². The van der Waals surface area contributed by atoms with Crippen LogP contribution < -0.4 is 10.0 Å². The maximum absolute atomic E-state index is 13.0. The highest BCUT2D eigenvalue weighted by atomic mass is 32.2. The van der Waals surface area contributed by atoms with E-state index in [4.69, 9.17) is 4.74 Å². The SMILES string of the molecule is Cc1cc(C)nc(NS(=O)(=O)c2ccc(NC(=O)c3ccc(S(=O)(=O)N4C[C@@H](C)O[C@@H](C)C4)cc3)cc2)n1. The van der Waals surface area contributed by atoms with Crippen LogP contribution in [0.4, 0.5) is 11.6 Å². The summed E-state index contributed by atoms with van der Waals surface area (Å²) < 4.78 is 60.8. The molecule has 2 atom stereocenters. The molecule has 1 saturated heterocycles. The second-order valence-corrected chi connectivity index (χ2v) is 12.8. The van der Waals surface area contributed by atoms with Crippen molar-refractivity contribution in [3.8, 4) is 0 Å². The van der Waals surface area contributed by atoms with E-state index in [0.717, 1.165) is 0 Å². The van der Waals surface area contributed by atoms with Gasteiger partial charge in [0, 0.05) is 35.7 Å². The van der Waals surface area contributed by atoms with Gasteiger partial charge >= 0.3 is 0 Å². The lowest BCUT2D eigenvalue weighted by molar-refractivity contribution is -0.0440. The van der Waals surface area contributed by atoms with Gasteiger partial charge in [0.2, 0.25) is 16.0 Å². The summed E-state index contributed by atoms with van der Waals surface area (Å²) in [5.41, 5.74) is 1.87. The van der Waals surface area contributed by atoms with Crippen molar-refractivity contribution in [2.75, 3.05) is 23.1 Å². The highest BCUT2D eigenvalue weighted by molar-refractivity contribution is 7.92. The van der Waals surface area contributed by atoms with Gasteiger partial charge in [-0.1, -0.05) is 0 Å². The zero-order chi connectivity index (χ0) is 27.7. The van der Waals surface area contributed by atoms with Crippen molar-refractivity contribution >= 4 is 37.6 Å². The summed E-state index contributed by atoms with van der Waals surface area (Å²) in [6.07, 6.45) is -0.424. The quantitative estimate of drug-likeness (QED) is 0.449. The van der Waals surface area contributed by atoms with Crippen LogP contribution >= 0.6 is 0 Å². The molecule has 0 spiro atoms. The van der Waals surface area contributed by atoms with Crippen LogP contribution in [-0.4, -0.2) is 62.3 Å².